The second-order valence-corrected chi connectivity index (χ2v) is 4.26. The summed E-state index contributed by atoms with van der Waals surface area (Å²) in [5, 5.41) is 4.08. The molecule has 0 unspecified atom stereocenters. The highest BCUT2D eigenvalue weighted by atomic mass is 35.5. The Kier molecular flexibility index (Phi) is 2.77. The number of halogens is 1. The lowest BCUT2D eigenvalue weighted by molar-refractivity contribution is 0.0947. The fraction of sp³-hybridized carbons (Fsp3) is 0.455. The van der Waals surface area contributed by atoms with Crippen LogP contribution in [0.1, 0.15) is 5.56 Å². The van der Waals surface area contributed by atoms with Crippen molar-refractivity contribution in [2.45, 2.75) is 5.41 Å². The van der Waals surface area contributed by atoms with E-state index in [1.807, 2.05) is 18.2 Å². The van der Waals surface area contributed by atoms with Crippen LogP contribution in [0.3, 0.4) is 0 Å². The van der Waals surface area contributed by atoms with E-state index in [1.54, 1.807) is 7.11 Å². The molecule has 14 heavy (non-hydrogen) atoms. The summed E-state index contributed by atoms with van der Waals surface area (Å²) in [6.07, 6.45) is 0. The van der Waals surface area contributed by atoms with E-state index in [4.69, 9.17) is 16.3 Å². The number of rotatable bonds is 3. The Hall–Kier alpha value is -0.570. The highest BCUT2D eigenvalue weighted by Gasteiger charge is 2.38. The van der Waals surface area contributed by atoms with Gasteiger partial charge in [-0.15, -0.1) is 0 Å². The summed E-state index contributed by atoms with van der Waals surface area (Å²) in [5.74, 6) is 0. The van der Waals surface area contributed by atoms with Crippen LogP contribution in [0.15, 0.2) is 24.3 Å². The summed E-state index contributed by atoms with van der Waals surface area (Å²) in [7, 11) is 1.74. The van der Waals surface area contributed by atoms with E-state index in [9.17, 15) is 0 Å². The van der Waals surface area contributed by atoms with Crippen molar-refractivity contribution in [1.29, 1.82) is 0 Å². The van der Waals surface area contributed by atoms with Gasteiger partial charge >= 0.3 is 0 Å². The van der Waals surface area contributed by atoms with Crippen LogP contribution in [0.2, 0.25) is 5.02 Å². The lowest BCUT2D eigenvalue weighted by atomic mass is 9.76. The zero-order valence-electron chi connectivity index (χ0n) is 8.22. The van der Waals surface area contributed by atoms with Crippen LogP contribution in [0, 0.1) is 0 Å². The monoisotopic (exact) mass is 211 g/mol. The minimum Gasteiger partial charge on any atom is -0.384 e. The van der Waals surface area contributed by atoms with Crippen LogP contribution in [0.25, 0.3) is 0 Å². The van der Waals surface area contributed by atoms with E-state index in [1.165, 1.54) is 5.56 Å². The fourth-order valence-electron chi connectivity index (χ4n) is 1.91. The summed E-state index contributed by atoms with van der Waals surface area (Å²) in [6, 6.07) is 8.04. The average Bonchev–Trinajstić information content (AvgIpc) is 2.11. The van der Waals surface area contributed by atoms with Crippen LogP contribution in [-0.2, 0) is 10.2 Å². The maximum atomic E-state index is 5.97. The molecule has 1 fully saturated rings. The molecule has 0 atom stereocenters. The molecule has 1 aromatic carbocycles. The Morgan fingerprint density at radius 3 is 2.79 bits per heavy atom. The molecule has 1 aliphatic heterocycles. The van der Waals surface area contributed by atoms with E-state index < -0.39 is 0 Å². The van der Waals surface area contributed by atoms with E-state index in [-0.39, 0.29) is 5.41 Å². The third-order valence-corrected chi connectivity index (χ3v) is 3.02. The molecule has 1 heterocycles. The van der Waals surface area contributed by atoms with E-state index in [2.05, 4.69) is 11.4 Å². The molecule has 0 spiro atoms. The highest BCUT2D eigenvalue weighted by Crippen LogP contribution is 2.30. The first-order chi connectivity index (χ1) is 6.77. The van der Waals surface area contributed by atoms with Crippen LogP contribution in [0.5, 0.6) is 0 Å². The summed E-state index contributed by atoms with van der Waals surface area (Å²) in [4.78, 5) is 0. The predicted molar refractivity (Wildman–Crippen MR) is 57.9 cm³/mol. The van der Waals surface area contributed by atoms with Gasteiger partial charge in [-0.1, -0.05) is 23.7 Å². The molecule has 2 rings (SSSR count). The number of benzene rings is 1. The molecule has 1 N–H and O–H groups in total. The first-order valence-electron chi connectivity index (χ1n) is 4.73. The molecule has 1 aromatic rings. The summed E-state index contributed by atoms with van der Waals surface area (Å²) in [6.45, 7) is 2.70. The van der Waals surface area contributed by atoms with Crippen molar-refractivity contribution in [3.8, 4) is 0 Å². The Morgan fingerprint density at radius 2 is 2.29 bits per heavy atom. The van der Waals surface area contributed by atoms with Gasteiger partial charge in [0, 0.05) is 30.6 Å². The molecule has 0 bridgehead atoms. The van der Waals surface area contributed by atoms with Gasteiger partial charge in [0.25, 0.3) is 0 Å². The number of hydrogen-bond acceptors (Lipinski definition) is 2. The molecule has 0 aromatic heterocycles. The Labute approximate surface area is 89.2 Å². The van der Waals surface area contributed by atoms with Gasteiger partial charge in [-0.25, -0.2) is 0 Å². The van der Waals surface area contributed by atoms with Crippen molar-refractivity contribution < 1.29 is 4.74 Å². The zero-order valence-corrected chi connectivity index (χ0v) is 8.97. The Morgan fingerprint density at radius 1 is 1.50 bits per heavy atom. The van der Waals surface area contributed by atoms with Crippen molar-refractivity contribution >= 4 is 11.6 Å². The van der Waals surface area contributed by atoms with Gasteiger partial charge in [0.05, 0.1) is 6.61 Å². The Balaban J connectivity index is 2.27. The van der Waals surface area contributed by atoms with Gasteiger partial charge < -0.3 is 10.1 Å². The molecule has 3 heteroatoms. The predicted octanol–water partition coefficient (Wildman–Crippen LogP) is 1.83. The number of ether oxygens (including phenoxy) is 1. The molecule has 1 saturated heterocycles. The van der Waals surface area contributed by atoms with Crippen LogP contribution >= 0.6 is 11.6 Å². The molecule has 0 aliphatic carbocycles. The molecule has 0 radical (unpaired) electrons. The molecular formula is C11H14ClNO. The van der Waals surface area contributed by atoms with Crippen molar-refractivity contribution in [3.63, 3.8) is 0 Å². The molecular weight excluding hydrogens is 198 g/mol. The smallest absolute Gasteiger partial charge is 0.0583 e. The number of methoxy groups -OCH3 is 1. The third kappa shape index (κ3) is 1.65. The standard InChI is InChI=1S/C11H14ClNO/c1-14-8-11(6-13-7-11)9-3-2-4-10(12)5-9/h2-5,13H,6-8H2,1H3. The molecule has 1 aliphatic rings. The van der Waals surface area contributed by atoms with Crippen LogP contribution in [0.4, 0.5) is 0 Å². The normalized spacial score (nSPS) is 19.0. The quantitative estimate of drug-likeness (QED) is 0.824. The van der Waals surface area contributed by atoms with Crippen LogP contribution in [-0.4, -0.2) is 26.8 Å². The first kappa shape index (κ1) is 9.97. The summed E-state index contributed by atoms with van der Waals surface area (Å²) >= 11 is 5.97. The van der Waals surface area contributed by atoms with Crippen molar-refractivity contribution in [2.24, 2.45) is 0 Å². The Bertz CT molecular complexity index is 323. The summed E-state index contributed by atoms with van der Waals surface area (Å²) < 4.78 is 5.26. The van der Waals surface area contributed by atoms with Gasteiger partial charge in [0.1, 0.15) is 0 Å². The highest BCUT2D eigenvalue weighted by molar-refractivity contribution is 6.30. The lowest BCUT2D eigenvalue weighted by Crippen LogP contribution is -2.59. The van der Waals surface area contributed by atoms with Crippen LogP contribution < -0.4 is 5.32 Å². The van der Waals surface area contributed by atoms with Crippen molar-refractivity contribution in [2.75, 3.05) is 26.8 Å². The summed E-state index contributed by atoms with van der Waals surface area (Å²) in [5.41, 5.74) is 1.41. The van der Waals surface area contributed by atoms with Gasteiger partial charge in [-0.2, -0.15) is 0 Å². The van der Waals surface area contributed by atoms with Gasteiger partial charge in [0.2, 0.25) is 0 Å². The van der Waals surface area contributed by atoms with Gasteiger partial charge in [0.15, 0.2) is 0 Å². The molecule has 76 valence electrons. The van der Waals surface area contributed by atoms with E-state index in [0.29, 0.717) is 0 Å². The average molecular weight is 212 g/mol. The SMILES string of the molecule is COCC1(c2cccc(Cl)c2)CNC1. The third-order valence-electron chi connectivity index (χ3n) is 2.78. The maximum absolute atomic E-state index is 5.97. The minimum absolute atomic E-state index is 0.139. The topological polar surface area (TPSA) is 21.3 Å². The lowest BCUT2D eigenvalue weighted by Gasteiger charge is -2.42. The minimum atomic E-state index is 0.139. The molecule has 0 saturated carbocycles. The van der Waals surface area contributed by atoms with E-state index in [0.717, 1.165) is 24.7 Å². The second kappa shape index (κ2) is 3.89. The van der Waals surface area contributed by atoms with Crippen molar-refractivity contribution in [1.82, 2.24) is 5.32 Å². The fourth-order valence-corrected chi connectivity index (χ4v) is 2.10. The number of nitrogens with one attached hydrogen (secondary N) is 1. The molecule has 2 nitrogen and oxygen atoms in total. The van der Waals surface area contributed by atoms with Crippen molar-refractivity contribution in [3.05, 3.63) is 34.9 Å². The number of hydrogen-bond donors (Lipinski definition) is 1. The first-order valence-corrected chi connectivity index (χ1v) is 5.10. The van der Waals surface area contributed by atoms with Gasteiger partial charge in [-0.3, -0.25) is 0 Å². The van der Waals surface area contributed by atoms with E-state index >= 15 is 0 Å². The van der Waals surface area contributed by atoms with Gasteiger partial charge in [-0.05, 0) is 17.7 Å². The zero-order chi connectivity index (χ0) is 10.0. The second-order valence-electron chi connectivity index (χ2n) is 3.83. The largest absolute Gasteiger partial charge is 0.384 e. The maximum Gasteiger partial charge on any atom is 0.0583 e. The molecule has 0 amide bonds.